The zero-order valence-corrected chi connectivity index (χ0v) is 18.6. The lowest BCUT2D eigenvalue weighted by Gasteiger charge is -2.19. The predicted octanol–water partition coefficient (Wildman–Crippen LogP) is 1.57. The molecule has 5 atom stereocenters. The van der Waals surface area contributed by atoms with Crippen molar-refractivity contribution in [2.24, 2.45) is 13.0 Å². The molecule has 0 saturated carbocycles. The van der Waals surface area contributed by atoms with E-state index in [1.165, 1.54) is 13.1 Å². The van der Waals surface area contributed by atoms with Gasteiger partial charge < -0.3 is 20.1 Å². The summed E-state index contributed by atoms with van der Waals surface area (Å²) in [5.41, 5.74) is 0.728. The van der Waals surface area contributed by atoms with Crippen LogP contribution in [0.1, 0.15) is 6.92 Å². The summed E-state index contributed by atoms with van der Waals surface area (Å²) < 4.78 is 50.8. The van der Waals surface area contributed by atoms with E-state index in [2.05, 4.69) is 25.7 Å². The van der Waals surface area contributed by atoms with E-state index < -0.39 is 27.9 Å². The van der Waals surface area contributed by atoms with Crippen LogP contribution in [0.15, 0.2) is 18.6 Å². The van der Waals surface area contributed by atoms with Gasteiger partial charge in [-0.05, 0) is 6.92 Å². The van der Waals surface area contributed by atoms with Crippen molar-refractivity contribution in [1.29, 1.82) is 0 Å². The van der Waals surface area contributed by atoms with Crippen LogP contribution in [-0.2, 0) is 26.4 Å². The van der Waals surface area contributed by atoms with Crippen LogP contribution >= 0.6 is 11.6 Å². The first-order chi connectivity index (χ1) is 14.7. The average Bonchev–Trinajstić information content (AvgIpc) is 3.36. The van der Waals surface area contributed by atoms with E-state index in [1.54, 1.807) is 24.1 Å². The average molecular weight is 475 g/mol. The molecule has 0 amide bonds. The second-order valence-electron chi connectivity index (χ2n) is 7.88. The summed E-state index contributed by atoms with van der Waals surface area (Å²) in [5.74, 6) is -0.256. The molecule has 0 radical (unpaired) electrons. The van der Waals surface area contributed by atoms with Gasteiger partial charge in [0.05, 0.1) is 54.9 Å². The molecule has 3 unspecified atom stereocenters. The van der Waals surface area contributed by atoms with E-state index in [1.807, 2.05) is 0 Å². The predicted molar refractivity (Wildman–Crippen MR) is 113 cm³/mol. The van der Waals surface area contributed by atoms with Gasteiger partial charge in [0.25, 0.3) is 0 Å². The van der Waals surface area contributed by atoms with Gasteiger partial charge in [-0.25, -0.2) is 17.8 Å². The maximum Gasteiger partial charge on any atom is 0.229 e. The molecule has 31 heavy (non-hydrogen) atoms. The van der Waals surface area contributed by atoms with Crippen molar-refractivity contribution >= 4 is 38.9 Å². The van der Waals surface area contributed by atoms with Crippen LogP contribution in [0.3, 0.4) is 0 Å². The van der Waals surface area contributed by atoms with Gasteiger partial charge in [0.2, 0.25) is 5.95 Å². The van der Waals surface area contributed by atoms with Crippen molar-refractivity contribution in [1.82, 2.24) is 19.7 Å². The molecule has 0 aliphatic carbocycles. The van der Waals surface area contributed by atoms with Gasteiger partial charge >= 0.3 is 0 Å². The van der Waals surface area contributed by atoms with Crippen molar-refractivity contribution in [2.45, 2.75) is 31.3 Å². The second kappa shape index (κ2) is 8.85. The topological polar surface area (TPSA) is 120 Å². The Morgan fingerprint density at radius 1 is 1.32 bits per heavy atom. The maximum absolute atomic E-state index is 13.2. The van der Waals surface area contributed by atoms with Gasteiger partial charge in [0.1, 0.15) is 17.3 Å². The lowest BCUT2D eigenvalue weighted by Crippen LogP contribution is -2.36. The molecule has 2 aromatic heterocycles. The van der Waals surface area contributed by atoms with Gasteiger partial charge in [0, 0.05) is 19.2 Å². The number of hydrogen-bond acceptors (Lipinski definition) is 9. The number of anilines is 3. The number of nitrogens with zero attached hydrogens (tertiary/aromatic N) is 4. The minimum atomic E-state index is -3.53. The summed E-state index contributed by atoms with van der Waals surface area (Å²) >= 11 is 6.26. The molecule has 2 saturated heterocycles. The minimum absolute atomic E-state index is 0.164. The standard InChI is InChI=1S/C18H24ClFN6O4S/c1-10(20)8-31(27,28)9-11-6-29-16-14(7-30-15(11)16)24-17-13(19)4-21-18(25-17)23-12-3-22-26(2)5-12/h3-5,10-11,14-16H,6-9H2,1-2H3,(H2,21,23,24,25)/t10?,11-,14-,15?,16?/m1/s1. The highest BCUT2D eigenvalue weighted by molar-refractivity contribution is 7.91. The molecule has 170 valence electrons. The Bertz CT molecular complexity index is 1040. The molecule has 2 N–H and O–H groups in total. The molecule has 4 rings (SSSR count). The number of aromatic nitrogens is 4. The van der Waals surface area contributed by atoms with Gasteiger partial charge in [-0.15, -0.1) is 0 Å². The highest BCUT2D eigenvalue weighted by atomic mass is 35.5. The Balaban J connectivity index is 1.41. The first-order valence-corrected chi connectivity index (χ1v) is 12.0. The molecule has 0 bridgehead atoms. The van der Waals surface area contributed by atoms with Crippen molar-refractivity contribution in [3.05, 3.63) is 23.6 Å². The number of ether oxygens (including phenoxy) is 2. The highest BCUT2D eigenvalue weighted by Gasteiger charge is 2.49. The Hall–Kier alpha value is -2.02. The molecule has 2 aliphatic heterocycles. The fraction of sp³-hybridized carbons (Fsp3) is 0.611. The molecular formula is C18H24ClFN6O4S. The van der Waals surface area contributed by atoms with Crippen LogP contribution < -0.4 is 10.6 Å². The largest absolute Gasteiger partial charge is 0.373 e. The van der Waals surface area contributed by atoms with Crippen LogP contribution in [0.5, 0.6) is 0 Å². The van der Waals surface area contributed by atoms with Crippen LogP contribution in [0.25, 0.3) is 0 Å². The molecule has 13 heteroatoms. The SMILES string of the molecule is CC(F)CS(=O)(=O)C[C@H]1COC2C1OC[C@H]2Nc1nc(Nc2cnn(C)c2)ncc1Cl. The fourth-order valence-corrected chi connectivity index (χ4v) is 5.83. The smallest absolute Gasteiger partial charge is 0.229 e. The summed E-state index contributed by atoms with van der Waals surface area (Å²) in [7, 11) is -1.73. The lowest BCUT2D eigenvalue weighted by molar-refractivity contribution is 0.0656. The highest BCUT2D eigenvalue weighted by Crippen LogP contribution is 2.34. The quantitative estimate of drug-likeness (QED) is 0.587. The first kappa shape index (κ1) is 22.2. The Morgan fingerprint density at radius 3 is 2.81 bits per heavy atom. The van der Waals surface area contributed by atoms with E-state index in [0.29, 0.717) is 23.4 Å². The van der Waals surface area contributed by atoms with Crippen molar-refractivity contribution in [2.75, 3.05) is 35.4 Å². The lowest BCUT2D eigenvalue weighted by atomic mass is 10.0. The monoisotopic (exact) mass is 474 g/mol. The van der Waals surface area contributed by atoms with Crippen molar-refractivity contribution < 1.29 is 22.3 Å². The van der Waals surface area contributed by atoms with E-state index >= 15 is 0 Å². The maximum atomic E-state index is 13.2. The number of rotatable bonds is 8. The number of halogens is 2. The number of hydrogen-bond donors (Lipinski definition) is 2. The van der Waals surface area contributed by atoms with E-state index in [4.69, 9.17) is 21.1 Å². The Kier molecular flexibility index (Phi) is 6.33. The van der Waals surface area contributed by atoms with Crippen molar-refractivity contribution in [3.63, 3.8) is 0 Å². The van der Waals surface area contributed by atoms with Crippen molar-refractivity contribution in [3.8, 4) is 0 Å². The molecule has 2 fully saturated rings. The second-order valence-corrected chi connectivity index (χ2v) is 10.4. The normalized spacial score (nSPS) is 26.6. The molecule has 0 aromatic carbocycles. The molecule has 4 heterocycles. The van der Waals surface area contributed by atoms with Gasteiger partial charge in [-0.3, -0.25) is 4.68 Å². The number of fused-ring (bicyclic) bond motifs is 1. The van der Waals surface area contributed by atoms with Crippen LogP contribution in [0, 0.1) is 5.92 Å². The molecule has 2 aromatic rings. The molecule has 10 nitrogen and oxygen atoms in total. The van der Waals surface area contributed by atoms with Crippen LogP contribution in [0.2, 0.25) is 5.02 Å². The third kappa shape index (κ3) is 5.25. The molecule has 2 aliphatic rings. The summed E-state index contributed by atoms with van der Waals surface area (Å²) in [6, 6.07) is -0.267. The number of alkyl halides is 1. The number of aryl methyl sites for hydroxylation is 1. The zero-order chi connectivity index (χ0) is 22.2. The third-order valence-electron chi connectivity index (χ3n) is 5.13. The minimum Gasteiger partial charge on any atom is -0.373 e. The first-order valence-electron chi connectivity index (χ1n) is 9.82. The van der Waals surface area contributed by atoms with Gasteiger partial charge in [-0.1, -0.05) is 11.6 Å². The summed E-state index contributed by atoms with van der Waals surface area (Å²) in [6.45, 7) is 1.77. The molecule has 0 spiro atoms. The van der Waals surface area contributed by atoms with Crippen LogP contribution in [-0.4, -0.2) is 77.3 Å². The summed E-state index contributed by atoms with van der Waals surface area (Å²) in [5, 5.41) is 10.7. The zero-order valence-electron chi connectivity index (χ0n) is 17.0. The van der Waals surface area contributed by atoms with Crippen LogP contribution in [0.4, 0.5) is 21.8 Å². The van der Waals surface area contributed by atoms with Gasteiger partial charge in [-0.2, -0.15) is 10.1 Å². The Labute approximate surface area is 184 Å². The molecular weight excluding hydrogens is 451 g/mol. The number of nitrogens with one attached hydrogen (secondary N) is 2. The van der Waals surface area contributed by atoms with E-state index in [0.717, 1.165) is 5.69 Å². The number of sulfone groups is 1. The summed E-state index contributed by atoms with van der Waals surface area (Å²) in [4.78, 5) is 8.58. The Morgan fingerprint density at radius 2 is 2.10 bits per heavy atom. The van der Waals surface area contributed by atoms with Gasteiger partial charge in [0.15, 0.2) is 15.7 Å². The fourth-order valence-electron chi connectivity index (χ4n) is 3.91. The van der Waals surface area contributed by atoms with E-state index in [9.17, 15) is 12.8 Å². The third-order valence-corrected chi connectivity index (χ3v) is 7.31. The van der Waals surface area contributed by atoms with E-state index in [-0.39, 0.29) is 30.4 Å². The summed E-state index contributed by atoms with van der Waals surface area (Å²) in [6.07, 6.45) is 2.75.